The summed E-state index contributed by atoms with van der Waals surface area (Å²) in [6.45, 7) is 0. The molecule has 0 aliphatic rings. The van der Waals surface area contributed by atoms with Gasteiger partial charge in [-0.25, -0.2) is 0 Å². The van der Waals surface area contributed by atoms with Gasteiger partial charge in [-0.1, -0.05) is 95.2 Å². The molecule has 7 nitrogen and oxygen atoms in total. The maximum atomic E-state index is 6.46. The van der Waals surface area contributed by atoms with Crippen molar-refractivity contribution in [3.05, 3.63) is 0 Å². The van der Waals surface area contributed by atoms with Crippen LogP contribution in [0.15, 0.2) is 0 Å². The maximum Gasteiger partial charge on any atom is 0.146 e. The van der Waals surface area contributed by atoms with Gasteiger partial charge in [0.25, 0.3) is 0 Å². The highest BCUT2D eigenvalue weighted by molar-refractivity contribution is 6.37. The summed E-state index contributed by atoms with van der Waals surface area (Å²) in [5, 5.41) is 0. The average molecular weight is 627 g/mol. The molecule has 0 spiro atoms. The molecule has 0 fully saturated rings. The lowest BCUT2D eigenvalue weighted by atomic mass is 9.85. The van der Waals surface area contributed by atoms with Gasteiger partial charge in [0.05, 0.1) is 34.2 Å². The van der Waals surface area contributed by atoms with Crippen molar-refractivity contribution in [2.75, 3.05) is 42.7 Å². The van der Waals surface area contributed by atoms with Crippen LogP contribution >= 0.6 is 0 Å². The summed E-state index contributed by atoms with van der Waals surface area (Å²) < 4.78 is 38.7. The average Bonchev–Trinajstić information content (AvgIpc) is 2.97. The first-order chi connectivity index (χ1) is 19.0. The summed E-state index contributed by atoms with van der Waals surface area (Å²) in [7, 11) is 10.5. The SMILES string of the molecule is COC(OC)[SiH2]CCCCCCC(CCCCCC[SiH2]C(OC)OC)(CCCCCC[SiH2]C(OC)OC)O[SiH3]. The highest BCUT2D eigenvalue weighted by atomic mass is 28.2. The van der Waals surface area contributed by atoms with Gasteiger partial charge in [-0.15, -0.1) is 0 Å². The van der Waals surface area contributed by atoms with Crippen molar-refractivity contribution in [2.24, 2.45) is 0 Å². The van der Waals surface area contributed by atoms with E-state index in [-0.39, 0.29) is 51.9 Å². The molecule has 0 aliphatic carbocycles. The van der Waals surface area contributed by atoms with Crippen molar-refractivity contribution in [1.82, 2.24) is 0 Å². The van der Waals surface area contributed by atoms with Gasteiger partial charge in [0.2, 0.25) is 0 Å². The van der Waals surface area contributed by atoms with Crippen LogP contribution in [-0.4, -0.2) is 105 Å². The second kappa shape index (κ2) is 28.7. The Morgan fingerprint density at radius 1 is 0.436 bits per heavy atom. The predicted octanol–water partition coefficient (Wildman–Crippen LogP) is 3.36. The molecule has 11 heteroatoms. The summed E-state index contributed by atoms with van der Waals surface area (Å²) in [6.07, 6.45) is 19.5. The highest BCUT2D eigenvalue weighted by Crippen LogP contribution is 2.32. The standard InChI is InChI=1S/C28H66O7Si4/c1-29-25(30-2)37-22-16-10-7-13-19-28(35-36,20-14-8-11-17-23-38-26(31-3)32-4)21-15-9-12-18-24-39-27(33-5)34-6/h25-27H,7-24,37-39H2,1-6,36H3. The van der Waals surface area contributed by atoms with Crippen LogP contribution < -0.4 is 0 Å². The van der Waals surface area contributed by atoms with Crippen molar-refractivity contribution in [3.63, 3.8) is 0 Å². The Hall–Kier alpha value is 0.588. The van der Waals surface area contributed by atoms with Gasteiger partial charge in [0, 0.05) is 42.7 Å². The Labute approximate surface area is 251 Å². The molecule has 0 saturated carbocycles. The third kappa shape index (κ3) is 21.9. The maximum absolute atomic E-state index is 6.46. The van der Waals surface area contributed by atoms with Crippen molar-refractivity contribution < 1.29 is 32.8 Å². The lowest BCUT2D eigenvalue weighted by Crippen LogP contribution is -2.32. The van der Waals surface area contributed by atoms with Crippen molar-refractivity contribution in [2.45, 2.75) is 138 Å². The molecule has 0 saturated heterocycles. The molecule has 0 aromatic carbocycles. The molecule has 0 aliphatic heterocycles. The fraction of sp³-hybridized carbons (Fsp3) is 1.00. The molecule has 0 N–H and O–H groups in total. The van der Waals surface area contributed by atoms with E-state index in [9.17, 15) is 0 Å². The van der Waals surface area contributed by atoms with Crippen LogP contribution in [0.2, 0.25) is 18.1 Å². The monoisotopic (exact) mass is 626 g/mol. The first-order valence-corrected chi connectivity index (χ1v) is 22.0. The van der Waals surface area contributed by atoms with Crippen molar-refractivity contribution in [1.29, 1.82) is 0 Å². The van der Waals surface area contributed by atoms with Gasteiger partial charge in [0.15, 0.2) is 0 Å². The van der Waals surface area contributed by atoms with Gasteiger partial charge < -0.3 is 32.8 Å². The number of hydrogen-bond acceptors (Lipinski definition) is 7. The molecule has 0 bridgehead atoms. The summed E-state index contributed by atoms with van der Waals surface area (Å²) in [6, 6.07) is 3.93. The molecule has 0 amide bonds. The van der Waals surface area contributed by atoms with Gasteiger partial charge in [0.1, 0.15) is 28.2 Å². The molecule has 0 heterocycles. The van der Waals surface area contributed by atoms with Crippen LogP contribution in [0.3, 0.4) is 0 Å². The normalized spacial score (nSPS) is 14.7. The molecule has 236 valence electrons. The van der Waals surface area contributed by atoms with E-state index in [1.54, 1.807) is 42.7 Å². The Morgan fingerprint density at radius 3 is 0.923 bits per heavy atom. The second-order valence-electron chi connectivity index (χ2n) is 11.0. The molecular weight excluding hydrogens is 561 g/mol. The number of ether oxygens (including phenoxy) is 6. The zero-order valence-corrected chi connectivity index (χ0v) is 33.2. The lowest BCUT2D eigenvalue weighted by molar-refractivity contribution is -0.0442. The first kappa shape index (κ1) is 39.6. The van der Waals surface area contributed by atoms with Crippen LogP contribution in [0.5, 0.6) is 0 Å². The van der Waals surface area contributed by atoms with Crippen LogP contribution in [0.25, 0.3) is 0 Å². The molecule has 0 aromatic heterocycles. The number of hydrogen-bond donors (Lipinski definition) is 0. The molecule has 39 heavy (non-hydrogen) atoms. The fourth-order valence-electron chi connectivity index (χ4n) is 5.54. The second-order valence-corrected chi connectivity index (χ2v) is 17.3. The zero-order valence-electron chi connectivity index (χ0n) is 26.9. The Bertz CT molecular complexity index is 432. The van der Waals surface area contributed by atoms with Gasteiger partial charge in [-0.2, -0.15) is 0 Å². The van der Waals surface area contributed by atoms with Crippen molar-refractivity contribution in [3.8, 4) is 0 Å². The molecule has 0 atom stereocenters. The largest absolute Gasteiger partial charge is 0.422 e. The van der Waals surface area contributed by atoms with Gasteiger partial charge >= 0.3 is 0 Å². The Balaban J connectivity index is 4.44. The van der Waals surface area contributed by atoms with Gasteiger partial charge in [-0.05, 0) is 19.3 Å². The van der Waals surface area contributed by atoms with Crippen LogP contribution in [0, 0.1) is 0 Å². The minimum atomic E-state index is -0.284. The van der Waals surface area contributed by atoms with Crippen LogP contribution in [0.4, 0.5) is 0 Å². The highest BCUT2D eigenvalue weighted by Gasteiger charge is 2.27. The van der Waals surface area contributed by atoms with E-state index in [0.717, 1.165) is 10.5 Å². The Morgan fingerprint density at radius 2 is 0.692 bits per heavy atom. The molecule has 0 radical (unpaired) electrons. The molecule has 0 aromatic rings. The van der Waals surface area contributed by atoms with Gasteiger partial charge in [-0.3, -0.25) is 0 Å². The van der Waals surface area contributed by atoms with E-state index >= 15 is 0 Å². The van der Waals surface area contributed by atoms with Crippen LogP contribution in [0.1, 0.15) is 96.3 Å². The van der Waals surface area contributed by atoms with Crippen LogP contribution in [-0.2, 0) is 32.8 Å². The summed E-state index contributed by atoms with van der Waals surface area (Å²) in [5.41, 5.74) is 0.121. The van der Waals surface area contributed by atoms with E-state index in [2.05, 4.69) is 0 Å². The Kier molecular flexibility index (Phi) is 29.1. The summed E-state index contributed by atoms with van der Waals surface area (Å²) in [5.74, 6) is 0.260. The smallest absolute Gasteiger partial charge is 0.146 e. The molecule has 0 unspecified atom stereocenters. The topological polar surface area (TPSA) is 64.6 Å². The first-order valence-electron chi connectivity index (χ1n) is 15.8. The van der Waals surface area contributed by atoms with Crippen molar-refractivity contribution >= 4 is 39.0 Å². The number of methoxy groups -OCH3 is 6. The van der Waals surface area contributed by atoms with E-state index in [1.807, 2.05) is 0 Å². The minimum absolute atomic E-state index is 0.0866. The lowest BCUT2D eigenvalue weighted by Gasteiger charge is -2.34. The third-order valence-corrected chi connectivity index (χ3v) is 15.2. The summed E-state index contributed by atoms with van der Waals surface area (Å²) in [4.78, 5) is 0. The molecular formula is C28H66O7Si4. The fourth-order valence-corrected chi connectivity index (χ4v) is 10.5. The van der Waals surface area contributed by atoms with E-state index in [0.29, 0.717) is 0 Å². The predicted molar refractivity (Wildman–Crippen MR) is 176 cm³/mol. The van der Waals surface area contributed by atoms with E-state index < -0.39 is 0 Å². The molecule has 0 rings (SSSR count). The number of rotatable bonds is 31. The summed E-state index contributed by atoms with van der Waals surface area (Å²) >= 11 is 0. The van der Waals surface area contributed by atoms with E-state index in [4.69, 9.17) is 32.8 Å². The third-order valence-electron chi connectivity index (χ3n) is 8.23. The number of unbranched alkanes of at least 4 members (excludes halogenated alkanes) is 9. The quantitative estimate of drug-likeness (QED) is 0.0665. The minimum Gasteiger partial charge on any atom is -0.422 e. The zero-order chi connectivity index (χ0) is 29.0. The van der Waals surface area contributed by atoms with E-state index in [1.165, 1.54) is 114 Å².